The highest BCUT2D eigenvalue weighted by Gasteiger charge is 2.06. The second kappa shape index (κ2) is 7.15. The van der Waals surface area contributed by atoms with E-state index in [2.05, 4.69) is 40.4 Å². The minimum Gasteiger partial charge on any atom is -0.311 e. The maximum absolute atomic E-state index is 11.9. The van der Waals surface area contributed by atoms with Gasteiger partial charge in [-0.05, 0) is 31.0 Å². The van der Waals surface area contributed by atoms with Crippen LogP contribution >= 0.6 is 11.3 Å². The lowest BCUT2D eigenvalue weighted by Gasteiger charge is -2.06. The summed E-state index contributed by atoms with van der Waals surface area (Å²) in [5.41, 5.74) is 5.15. The van der Waals surface area contributed by atoms with E-state index < -0.39 is 0 Å². The Kier molecular flexibility index (Phi) is 4.78. The van der Waals surface area contributed by atoms with Crippen molar-refractivity contribution in [2.75, 3.05) is 5.32 Å². The fourth-order valence-electron chi connectivity index (χ4n) is 2.27. The molecule has 116 valence electrons. The van der Waals surface area contributed by atoms with Crippen molar-refractivity contribution in [2.45, 2.75) is 19.8 Å². The van der Waals surface area contributed by atoms with Crippen LogP contribution in [0, 0.1) is 6.92 Å². The number of anilines is 1. The largest absolute Gasteiger partial charge is 0.311 e. The van der Waals surface area contributed by atoms with Gasteiger partial charge >= 0.3 is 0 Å². The van der Waals surface area contributed by atoms with Crippen LogP contribution < -0.4 is 5.32 Å². The average molecular weight is 323 g/mol. The zero-order valence-corrected chi connectivity index (χ0v) is 13.6. The molecule has 0 aliphatic heterocycles. The maximum Gasteiger partial charge on any atom is 0.225 e. The molecular weight excluding hydrogens is 306 g/mol. The van der Waals surface area contributed by atoms with E-state index in [1.807, 2.05) is 18.2 Å². The Labute approximate surface area is 139 Å². The van der Waals surface area contributed by atoms with Crippen molar-refractivity contribution in [3.63, 3.8) is 0 Å². The fraction of sp³-hybridized carbons (Fsp3) is 0.167. The van der Waals surface area contributed by atoms with Crippen LogP contribution in [0.15, 0.2) is 54.3 Å². The van der Waals surface area contributed by atoms with Crippen LogP contribution in [-0.4, -0.2) is 15.9 Å². The van der Waals surface area contributed by atoms with Crippen LogP contribution in [-0.2, 0) is 11.2 Å². The molecule has 0 fully saturated rings. The third-order valence-corrected chi connectivity index (χ3v) is 4.30. The van der Waals surface area contributed by atoms with Crippen LogP contribution in [0.1, 0.15) is 16.9 Å². The topological polar surface area (TPSA) is 54.9 Å². The van der Waals surface area contributed by atoms with Gasteiger partial charge in [0, 0.05) is 29.3 Å². The number of aryl methyl sites for hydroxylation is 2. The Hall–Kier alpha value is -2.53. The highest BCUT2D eigenvalue weighted by Crippen LogP contribution is 2.20. The standard InChI is InChI=1S/C18H17N3OS/c1-13-3-2-4-14(9-13)15-5-7-17(20-10-15)21-18(22)8-6-16-11-19-12-23-16/h2-5,7,9-12H,6,8H2,1H3,(H,20,21,22). The molecule has 2 aromatic heterocycles. The lowest BCUT2D eigenvalue weighted by Crippen LogP contribution is -2.13. The van der Waals surface area contributed by atoms with Crippen LogP contribution in [0.2, 0.25) is 0 Å². The van der Waals surface area contributed by atoms with Crippen molar-refractivity contribution >= 4 is 23.1 Å². The molecule has 5 heteroatoms. The van der Waals surface area contributed by atoms with E-state index in [9.17, 15) is 4.79 Å². The Morgan fingerprint density at radius 1 is 1.17 bits per heavy atom. The number of nitrogens with one attached hydrogen (secondary N) is 1. The summed E-state index contributed by atoms with van der Waals surface area (Å²) < 4.78 is 0. The number of pyridine rings is 1. The van der Waals surface area contributed by atoms with Gasteiger partial charge in [-0.15, -0.1) is 11.3 Å². The molecule has 0 saturated carbocycles. The highest BCUT2D eigenvalue weighted by atomic mass is 32.1. The monoisotopic (exact) mass is 323 g/mol. The molecule has 0 unspecified atom stereocenters. The summed E-state index contributed by atoms with van der Waals surface area (Å²) in [6.07, 6.45) is 4.72. The highest BCUT2D eigenvalue weighted by molar-refractivity contribution is 7.09. The predicted molar refractivity (Wildman–Crippen MR) is 93.5 cm³/mol. The van der Waals surface area contributed by atoms with Gasteiger partial charge in [-0.3, -0.25) is 9.78 Å². The van der Waals surface area contributed by atoms with Crippen molar-refractivity contribution in [2.24, 2.45) is 0 Å². The summed E-state index contributed by atoms with van der Waals surface area (Å²) >= 11 is 1.57. The summed E-state index contributed by atoms with van der Waals surface area (Å²) in [5.74, 6) is 0.546. The molecule has 0 radical (unpaired) electrons. The molecule has 1 amide bonds. The SMILES string of the molecule is Cc1cccc(-c2ccc(NC(=O)CCc3cncs3)nc2)c1. The summed E-state index contributed by atoms with van der Waals surface area (Å²) in [7, 11) is 0. The van der Waals surface area contributed by atoms with Gasteiger partial charge in [0.25, 0.3) is 0 Å². The van der Waals surface area contributed by atoms with Gasteiger partial charge in [0.05, 0.1) is 5.51 Å². The number of aromatic nitrogens is 2. The number of hydrogen-bond acceptors (Lipinski definition) is 4. The van der Waals surface area contributed by atoms with Crippen LogP contribution in [0.3, 0.4) is 0 Å². The lowest BCUT2D eigenvalue weighted by atomic mass is 10.1. The van der Waals surface area contributed by atoms with E-state index in [0.717, 1.165) is 16.0 Å². The molecule has 2 heterocycles. The summed E-state index contributed by atoms with van der Waals surface area (Å²) in [6.45, 7) is 2.06. The number of benzene rings is 1. The van der Waals surface area contributed by atoms with E-state index in [1.165, 1.54) is 5.56 Å². The first kappa shape index (κ1) is 15.4. The molecule has 0 aliphatic rings. The molecule has 0 spiro atoms. The van der Waals surface area contributed by atoms with Crippen molar-refractivity contribution in [1.29, 1.82) is 0 Å². The van der Waals surface area contributed by atoms with E-state index in [4.69, 9.17) is 0 Å². The first-order chi connectivity index (χ1) is 11.2. The van der Waals surface area contributed by atoms with E-state index in [-0.39, 0.29) is 5.91 Å². The molecule has 0 aliphatic carbocycles. The smallest absolute Gasteiger partial charge is 0.225 e. The molecule has 3 rings (SSSR count). The van der Waals surface area contributed by atoms with Crippen molar-refractivity contribution in [3.05, 3.63) is 64.7 Å². The zero-order chi connectivity index (χ0) is 16.1. The molecule has 1 aromatic carbocycles. The van der Waals surface area contributed by atoms with Gasteiger partial charge < -0.3 is 5.32 Å². The number of carbonyl (C=O) groups excluding carboxylic acids is 1. The van der Waals surface area contributed by atoms with Gasteiger partial charge in [0.2, 0.25) is 5.91 Å². The minimum absolute atomic E-state index is 0.0331. The molecule has 0 saturated heterocycles. The number of amides is 1. The minimum atomic E-state index is -0.0331. The van der Waals surface area contributed by atoms with Crippen LogP contribution in [0.4, 0.5) is 5.82 Å². The van der Waals surface area contributed by atoms with Gasteiger partial charge in [0.15, 0.2) is 0 Å². The number of hydrogen-bond donors (Lipinski definition) is 1. The number of thiazole rings is 1. The molecular formula is C18H17N3OS. The number of carbonyl (C=O) groups is 1. The first-order valence-electron chi connectivity index (χ1n) is 7.41. The van der Waals surface area contributed by atoms with Gasteiger partial charge in [-0.25, -0.2) is 4.98 Å². The van der Waals surface area contributed by atoms with Gasteiger partial charge in [0.1, 0.15) is 5.82 Å². The summed E-state index contributed by atoms with van der Waals surface area (Å²) in [5, 5.41) is 2.83. The molecule has 4 nitrogen and oxygen atoms in total. The van der Waals surface area contributed by atoms with E-state index >= 15 is 0 Å². The second-order valence-corrected chi connectivity index (χ2v) is 6.29. The van der Waals surface area contributed by atoms with Crippen molar-refractivity contribution < 1.29 is 4.79 Å². The van der Waals surface area contributed by atoms with Crippen LogP contribution in [0.5, 0.6) is 0 Å². The Morgan fingerprint density at radius 3 is 2.78 bits per heavy atom. The summed E-state index contributed by atoms with van der Waals surface area (Å²) in [4.78, 5) is 21.4. The second-order valence-electron chi connectivity index (χ2n) is 5.32. The van der Waals surface area contributed by atoms with Gasteiger partial charge in [-0.2, -0.15) is 0 Å². The lowest BCUT2D eigenvalue weighted by molar-refractivity contribution is -0.116. The number of rotatable bonds is 5. The zero-order valence-electron chi connectivity index (χ0n) is 12.8. The third-order valence-electron chi connectivity index (χ3n) is 3.46. The molecule has 1 N–H and O–H groups in total. The van der Waals surface area contributed by atoms with Crippen molar-refractivity contribution in [1.82, 2.24) is 9.97 Å². The molecule has 3 aromatic rings. The van der Waals surface area contributed by atoms with Crippen molar-refractivity contribution in [3.8, 4) is 11.1 Å². The Balaban J connectivity index is 1.60. The fourth-order valence-corrected chi connectivity index (χ4v) is 2.87. The van der Waals surface area contributed by atoms with Crippen LogP contribution in [0.25, 0.3) is 11.1 Å². The third kappa shape index (κ3) is 4.23. The quantitative estimate of drug-likeness (QED) is 0.769. The average Bonchev–Trinajstić information content (AvgIpc) is 3.07. The predicted octanol–water partition coefficient (Wildman–Crippen LogP) is 4.08. The Morgan fingerprint density at radius 2 is 2.09 bits per heavy atom. The van der Waals surface area contributed by atoms with E-state index in [1.54, 1.807) is 29.2 Å². The molecule has 0 bridgehead atoms. The molecule has 23 heavy (non-hydrogen) atoms. The first-order valence-corrected chi connectivity index (χ1v) is 8.29. The Bertz CT molecular complexity index is 782. The van der Waals surface area contributed by atoms with E-state index in [0.29, 0.717) is 18.7 Å². The maximum atomic E-state index is 11.9. The van der Waals surface area contributed by atoms with Gasteiger partial charge in [-0.1, -0.05) is 29.8 Å². The molecule has 0 atom stereocenters. The normalized spacial score (nSPS) is 10.5. The number of nitrogens with zero attached hydrogens (tertiary/aromatic N) is 2. The summed E-state index contributed by atoms with van der Waals surface area (Å²) in [6, 6.07) is 12.1.